The van der Waals surface area contributed by atoms with E-state index in [1.165, 1.54) is 0 Å². The van der Waals surface area contributed by atoms with Crippen LogP contribution in [0.4, 0.5) is 0 Å². The number of rotatable bonds is 5. The van der Waals surface area contributed by atoms with Gasteiger partial charge in [0.1, 0.15) is 24.3 Å². The molecular formula is C17H17ClN2O2. The zero-order valence-electron chi connectivity index (χ0n) is 12.2. The van der Waals surface area contributed by atoms with Crippen molar-refractivity contribution in [1.29, 1.82) is 0 Å². The Bertz CT molecular complexity index is 766. The van der Waals surface area contributed by atoms with Crippen LogP contribution in [0.25, 0.3) is 11.0 Å². The largest absolute Gasteiger partial charge is 0.492 e. The minimum atomic E-state index is -0.622. The predicted octanol–water partition coefficient (Wildman–Crippen LogP) is 3.82. The maximum absolute atomic E-state index is 9.91. The molecule has 1 N–H and O–H groups in total. The zero-order valence-corrected chi connectivity index (χ0v) is 13.0. The lowest BCUT2D eigenvalue weighted by molar-refractivity contribution is 0.181. The third-order valence-corrected chi connectivity index (χ3v) is 3.71. The van der Waals surface area contributed by atoms with Crippen LogP contribution in [0.15, 0.2) is 48.5 Å². The number of imidazole rings is 1. The van der Waals surface area contributed by atoms with Crippen molar-refractivity contribution in [2.24, 2.45) is 0 Å². The third kappa shape index (κ3) is 3.08. The van der Waals surface area contributed by atoms with Gasteiger partial charge in [0, 0.05) is 5.02 Å². The van der Waals surface area contributed by atoms with Crippen LogP contribution in [0.5, 0.6) is 5.75 Å². The molecule has 0 radical (unpaired) electrons. The van der Waals surface area contributed by atoms with E-state index in [2.05, 4.69) is 4.98 Å². The molecule has 0 saturated heterocycles. The van der Waals surface area contributed by atoms with Crippen molar-refractivity contribution in [3.63, 3.8) is 0 Å². The van der Waals surface area contributed by atoms with E-state index in [1.807, 2.05) is 41.0 Å². The van der Waals surface area contributed by atoms with Crippen molar-refractivity contribution >= 4 is 22.6 Å². The molecule has 4 nitrogen and oxygen atoms in total. The van der Waals surface area contributed by atoms with Crippen molar-refractivity contribution in [3.05, 3.63) is 59.4 Å². The summed E-state index contributed by atoms with van der Waals surface area (Å²) in [6.07, 6.45) is -0.622. The quantitative estimate of drug-likeness (QED) is 0.778. The van der Waals surface area contributed by atoms with Gasteiger partial charge in [-0.2, -0.15) is 0 Å². The Morgan fingerprint density at radius 3 is 2.64 bits per heavy atom. The first kappa shape index (κ1) is 14.9. The molecule has 1 atom stereocenters. The van der Waals surface area contributed by atoms with E-state index in [0.29, 0.717) is 24.0 Å². The van der Waals surface area contributed by atoms with E-state index in [4.69, 9.17) is 16.3 Å². The summed E-state index contributed by atoms with van der Waals surface area (Å²) in [7, 11) is 0. The highest BCUT2D eigenvalue weighted by Crippen LogP contribution is 2.21. The van der Waals surface area contributed by atoms with Gasteiger partial charge in [0.05, 0.1) is 17.6 Å². The van der Waals surface area contributed by atoms with Crippen LogP contribution < -0.4 is 4.74 Å². The fourth-order valence-electron chi connectivity index (χ4n) is 2.43. The molecule has 1 aromatic heterocycles. The average molecular weight is 317 g/mol. The van der Waals surface area contributed by atoms with Gasteiger partial charge in [-0.3, -0.25) is 0 Å². The Morgan fingerprint density at radius 2 is 1.91 bits per heavy atom. The fourth-order valence-corrected chi connectivity index (χ4v) is 2.56. The van der Waals surface area contributed by atoms with Crippen LogP contribution in [-0.4, -0.2) is 21.3 Å². The molecule has 0 amide bonds. The lowest BCUT2D eigenvalue weighted by Crippen LogP contribution is -2.12. The van der Waals surface area contributed by atoms with E-state index in [1.54, 1.807) is 19.1 Å². The number of fused-ring (bicyclic) bond motifs is 1. The monoisotopic (exact) mass is 316 g/mol. The smallest absolute Gasteiger partial charge is 0.138 e. The first-order chi connectivity index (χ1) is 10.6. The van der Waals surface area contributed by atoms with Gasteiger partial charge in [-0.15, -0.1) is 0 Å². The lowest BCUT2D eigenvalue weighted by atomic mass is 10.3. The Labute approximate surface area is 133 Å². The molecule has 22 heavy (non-hydrogen) atoms. The number of aliphatic hydroxyl groups excluding tert-OH is 1. The molecule has 3 aromatic rings. The van der Waals surface area contributed by atoms with Gasteiger partial charge in [0.25, 0.3) is 0 Å². The molecular weight excluding hydrogens is 300 g/mol. The Balaban J connectivity index is 1.78. The summed E-state index contributed by atoms with van der Waals surface area (Å²) in [4.78, 5) is 4.49. The Kier molecular flexibility index (Phi) is 4.32. The molecule has 0 aliphatic heterocycles. The topological polar surface area (TPSA) is 47.3 Å². The number of hydrogen-bond acceptors (Lipinski definition) is 3. The summed E-state index contributed by atoms with van der Waals surface area (Å²) in [5.41, 5.74) is 1.88. The van der Waals surface area contributed by atoms with Gasteiger partial charge in [0.15, 0.2) is 0 Å². The molecule has 0 aliphatic rings. The van der Waals surface area contributed by atoms with Crippen LogP contribution in [0, 0.1) is 0 Å². The van der Waals surface area contributed by atoms with E-state index in [0.717, 1.165) is 16.8 Å². The van der Waals surface area contributed by atoms with Crippen LogP contribution in [-0.2, 0) is 6.54 Å². The summed E-state index contributed by atoms with van der Waals surface area (Å²) in [6.45, 7) is 2.82. The number of nitrogens with zero attached hydrogens (tertiary/aromatic N) is 2. The molecule has 1 heterocycles. The number of hydrogen-bond donors (Lipinski definition) is 1. The SMILES string of the molecule is CC(O)c1nc2ccccc2n1CCOc1ccc(Cl)cc1. The molecule has 0 saturated carbocycles. The van der Waals surface area contributed by atoms with Crippen LogP contribution in [0.2, 0.25) is 5.02 Å². The highest BCUT2D eigenvalue weighted by molar-refractivity contribution is 6.30. The maximum Gasteiger partial charge on any atom is 0.138 e. The summed E-state index contributed by atoms with van der Waals surface area (Å²) < 4.78 is 7.73. The number of benzene rings is 2. The summed E-state index contributed by atoms with van der Waals surface area (Å²) in [5.74, 6) is 1.42. The lowest BCUT2D eigenvalue weighted by Gasteiger charge is -2.12. The number of aliphatic hydroxyl groups is 1. The van der Waals surface area contributed by atoms with Crippen LogP contribution in [0.3, 0.4) is 0 Å². The molecule has 0 aliphatic carbocycles. The second-order valence-corrected chi connectivity index (χ2v) is 5.53. The molecule has 2 aromatic carbocycles. The number of ether oxygens (including phenoxy) is 1. The second-order valence-electron chi connectivity index (χ2n) is 5.09. The van der Waals surface area contributed by atoms with Crippen LogP contribution in [0.1, 0.15) is 18.9 Å². The fraction of sp³-hybridized carbons (Fsp3) is 0.235. The normalized spacial score (nSPS) is 12.5. The minimum absolute atomic E-state index is 0.488. The number of para-hydroxylation sites is 2. The van der Waals surface area contributed by atoms with Crippen molar-refractivity contribution < 1.29 is 9.84 Å². The van der Waals surface area contributed by atoms with E-state index >= 15 is 0 Å². The molecule has 0 spiro atoms. The Morgan fingerprint density at radius 1 is 1.18 bits per heavy atom. The summed E-state index contributed by atoms with van der Waals surface area (Å²) in [6, 6.07) is 15.1. The van der Waals surface area contributed by atoms with Gasteiger partial charge in [0.2, 0.25) is 0 Å². The van der Waals surface area contributed by atoms with Gasteiger partial charge in [-0.25, -0.2) is 4.98 Å². The molecule has 5 heteroatoms. The molecule has 3 rings (SSSR count). The highest BCUT2D eigenvalue weighted by Gasteiger charge is 2.14. The van der Waals surface area contributed by atoms with E-state index in [9.17, 15) is 5.11 Å². The van der Waals surface area contributed by atoms with Crippen molar-refractivity contribution in [3.8, 4) is 5.75 Å². The van der Waals surface area contributed by atoms with Crippen molar-refractivity contribution in [2.45, 2.75) is 19.6 Å². The average Bonchev–Trinajstić information content (AvgIpc) is 2.89. The van der Waals surface area contributed by atoms with E-state index < -0.39 is 6.10 Å². The molecule has 0 bridgehead atoms. The zero-order chi connectivity index (χ0) is 15.5. The maximum atomic E-state index is 9.91. The minimum Gasteiger partial charge on any atom is -0.492 e. The predicted molar refractivity (Wildman–Crippen MR) is 87.3 cm³/mol. The highest BCUT2D eigenvalue weighted by atomic mass is 35.5. The van der Waals surface area contributed by atoms with Crippen molar-refractivity contribution in [2.75, 3.05) is 6.61 Å². The molecule has 0 fully saturated rings. The molecule has 114 valence electrons. The van der Waals surface area contributed by atoms with Gasteiger partial charge in [-0.05, 0) is 43.3 Å². The van der Waals surface area contributed by atoms with E-state index in [-0.39, 0.29) is 0 Å². The third-order valence-electron chi connectivity index (χ3n) is 3.46. The van der Waals surface area contributed by atoms with Gasteiger partial charge in [-0.1, -0.05) is 23.7 Å². The first-order valence-corrected chi connectivity index (χ1v) is 7.54. The van der Waals surface area contributed by atoms with Crippen molar-refractivity contribution in [1.82, 2.24) is 9.55 Å². The Hall–Kier alpha value is -2.04. The molecule has 1 unspecified atom stereocenters. The summed E-state index contributed by atoms with van der Waals surface area (Å²) >= 11 is 5.85. The van der Waals surface area contributed by atoms with Crippen LogP contribution >= 0.6 is 11.6 Å². The number of halogens is 1. The van der Waals surface area contributed by atoms with Gasteiger partial charge < -0.3 is 14.4 Å². The summed E-state index contributed by atoms with van der Waals surface area (Å²) in [5, 5.41) is 10.6. The standard InChI is InChI=1S/C17H17ClN2O2/c1-12(21)17-19-15-4-2-3-5-16(15)20(17)10-11-22-14-8-6-13(18)7-9-14/h2-9,12,21H,10-11H2,1H3. The second kappa shape index (κ2) is 6.38. The van der Waals surface area contributed by atoms with Gasteiger partial charge >= 0.3 is 0 Å². The first-order valence-electron chi connectivity index (χ1n) is 7.17. The number of aromatic nitrogens is 2.